The van der Waals surface area contributed by atoms with Gasteiger partial charge in [-0.2, -0.15) is 5.10 Å². The normalized spacial score (nSPS) is 19.5. The SMILES string of the molecule is COc1cc(OC)c([C@H]2CC(=O)Nc3c2cnn3C2CCCC2)cc1OC. The highest BCUT2D eigenvalue weighted by molar-refractivity contribution is 5.94. The lowest BCUT2D eigenvalue weighted by molar-refractivity contribution is -0.116. The van der Waals surface area contributed by atoms with Gasteiger partial charge in [-0.25, -0.2) is 4.68 Å². The highest BCUT2D eigenvalue weighted by Gasteiger charge is 2.34. The third-order valence-corrected chi connectivity index (χ3v) is 5.63. The van der Waals surface area contributed by atoms with Gasteiger partial charge in [-0.15, -0.1) is 0 Å². The van der Waals surface area contributed by atoms with Crippen molar-refractivity contribution >= 4 is 11.7 Å². The molecule has 1 aromatic heterocycles. The van der Waals surface area contributed by atoms with E-state index >= 15 is 0 Å². The summed E-state index contributed by atoms with van der Waals surface area (Å²) in [5.41, 5.74) is 1.92. The maximum absolute atomic E-state index is 12.5. The smallest absolute Gasteiger partial charge is 0.226 e. The van der Waals surface area contributed by atoms with Gasteiger partial charge in [0, 0.05) is 29.5 Å². The van der Waals surface area contributed by atoms with Crippen molar-refractivity contribution in [2.24, 2.45) is 0 Å². The molecule has 1 N–H and O–H groups in total. The Balaban J connectivity index is 1.81. The molecule has 1 aromatic carbocycles. The van der Waals surface area contributed by atoms with E-state index in [0.717, 1.165) is 29.8 Å². The number of methoxy groups -OCH3 is 3. The molecule has 2 aromatic rings. The summed E-state index contributed by atoms with van der Waals surface area (Å²) >= 11 is 0. The lowest BCUT2D eigenvalue weighted by Gasteiger charge is -2.26. The van der Waals surface area contributed by atoms with E-state index in [1.165, 1.54) is 12.8 Å². The van der Waals surface area contributed by atoms with E-state index in [4.69, 9.17) is 14.2 Å². The van der Waals surface area contributed by atoms with E-state index in [0.29, 0.717) is 29.7 Å². The molecule has 7 heteroatoms. The van der Waals surface area contributed by atoms with Crippen molar-refractivity contribution in [2.45, 2.75) is 44.1 Å². The van der Waals surface area contributed by atoms with Crippen LogP contribution >= 0.6 is 0 Å². The van der Waals surface area contributed by atoms with Crippen LogP contribution in [0.15, 0.2) is 18.3 Å². The fraction of sp³-hybridized carbons (Fsp3) is 0.500. The molecule has 144 valence electrons. The number of fused-ring (bicyclic) bond motifs is 1. The van der Waals surface area contributed by atoms with Crippen LogP contribution in [-0.4, -0.2) is 37.0 Å². The van der Waals surface area contributed by atoms with Crippen molar-refractivity contribution in [1.82, 2.24) is 9.78 Å². The van der Waals surface area contributed by atoms with Crippen molar-refractivity contribution in [2.75, 3.05) is 26.6 Å². The predicted octanol–water partition coefficient (Wildman–Crippen LogP) is 3.50. The minimum absolute atomic E-state index is 0.0101. The number of hydrogen-bond donors (Lipinski definition) is 1. The van der Waals surface area contributed by atoms with Crippen LogP contribution in [-0.2, 0) is 4.79 Å². The standard InChI is InChI=1S/C20H25N3O4/c1-25-16-10-18(27-3)17(26-2)8-14(16)13-9-19(24)22-20-15(13)11-21-23(20)12-6-4-5-7-12/h8,10-13H,4-7,9H2,1-3H3,(H,22,24)/t13-/m1/s1. The Morgan fingerprint density at radius 3 is 2.33 bits per heavy atom. The number of carbonyl (C=O) groups excluding carboxylic acids is 1. The molecule has 2 aliphatic rings. The molecule has 2 heterocycles. The summed E-state index contributed by atoms with van der Waals surface area (Å²) in [4.78, 5) is 12.5. The van der Waals surface area contributed by atoms with Crippen molar-refractivity contribution in [3.05, 3.63) is 29.5 Å². The van der Waals surface area contributed by atoms with Gasteiger partial charge in [-0.05, 0) is 18.9 Å². The zero-order chi connectivity index (χ0) is 19.0. The fourth-order valence-corrected chi connectivity index (χ4v) is 4.27. The summed E-state index contributed by atoms with van der Waals surface area (Å²) in [6.07, 6.45) is 6.85. The molecule has 0 radical (unpaired) electrons. The third-order valence-electron chi connectivity index (χ3n) is 5.63. The quantitative estimate of drug-likeness (QED) is 0.871. The van der Waals surface area contributed by atoms with Crippen molar-refractivity contribution in [1.29, 1.82) is 0 Å². The molecule has 0 saturated heterocycles. The van der Waals surface area contributed by atoms with Crippen LogP contribution < -0.4 is 19.5 Å². The average Bonchev–Trinajstić information content (AvgIpc) is 3.35. The molecule has 1 atom stereocenters. The van der Waals surface area contributed by atoms with Crippen LogP contribution in [0.4, 0.5) is 5.82 Å². The maximum atomic E-state index is 12.5. The minimum Gasteiger partial charge on any atom is -0.496 e. The van der Waals surface area contributed by atoms with Gasteiger partial charge in [0.15, 0.2) is 11.5 Å². The molecule has 1 aliphatic carbocycles. The largest absolute Gasteiger partial charge is 0.496 e. The average molecular weight is 371 g/mol. The van der Waals surface area contributed by atoms with Gasteiger partial charge in [0.25, 0.3) is 0 Å². The van der Waals surface area contributed by atoms with E-state index in [2.05, 4.69) is 10.4 Å². The van der Waals surface area contributed by atoms with Crippen LogP contribution in [0, 0.1) is 0 Å². The number of ether oxygens (including phenoxy) is 3. The lowest BCUT2D eigenvalue weighted by Crippen LogP contribution is -2.26. The second-order valence-corrected chi connectivity index (χ2v) is 7.09. The van der Waals surface area contributed by atoms with Crippen molar-refractivity contribution in [3.63, 3.8) is 0 Å². The lowest BCUT2D eigenvalue weighted by atomic mass is 9.86. The van der Waals surface area contributed by atoms with E-state index in [1.807, 2.05) is 23.0 Å². The summed E-state index contributed by atoms with van der Waals surface area (Å²) in [7, 11) is 4.82. The number of hydrogen-bond acceptors (Lipinski definition) is 5. The number of nitrogens with one attached hydrogen (secondary N) is 1. The van der Waals surface area contributed by atoms with E-state index in [-0.39, 0.29) is 11.8 Å². The summed E-state index contributed by atoms with van der Waals surface area (Å²) in [5, 5.41) is 7.67. The first kappa shape index (κ1) is 17.7. The van der Waals surface area contributed by atoms with Gasteiger partial charge in [-0.1, -0.05) is 12.8 Å². The Morgan fingerprint density at radius 1 is 1.00 bits per heavy atom. The van der Waals surface area contributed by atoms with E-state index < -0.39 is 0 Å². The second-order valence-electron chi connectivity index (χ2n) is 7.09. The predicted molar refractivity (Wildman–Crippen MR) is 101 cm³/mol. The van der Waals surface area contributed by atoms with Gasteiger partial charge in [-0.3, -0.25) is 4.79 Å². The molecule has 1 saturated carbocycles. The number of anilines is 1. The van der Waals surface area contributed by atoms with Crippen LogP contribution in [0.3, 0.4) is 0 Å². The molecule has 1 fully saturated rings. The molecule has 27 heavy (non-hydrogen) atoms. The number of amides is 1. The van der Waals surface area contributed by atoms with Crippen LogP contribution in [0.1, 0.15) is 55.2 Å². The first-order chi connectivity index (χ1) is 13.2. The van der Waals surface area contributed by atoms with E-state index in [9.17, 15) is 4.79 Å². The zero-order valence-electron chi connectivity index (χ0n) is 15.9. The third kappa shape index (κ3) is 3.01. The van der Waals surface area contributed by atoms with Gasteiger partial charge in [0.1, 0.15) is 11.6 Å². The molecular formula is C20H25N3O4. The highest BCUT2D eigenvalue weighted by Crippen LogP contribution is 2.46. The summed E-state index contributed by atoms with van der Waals surface area (Å²) < 4.78 is 18.5. The summed E-state index contributed by atoms with van der Waals surface area (Å²) in [6.45, 7) is 0. The number of aromatic nitrogens is 2. The van der Waals surface area contributed by atoms with Gasteiger partial charge < -0.3 is 19.5 Å². The van der Waals surface area contributed by atoms with Crippen molar-refractivity contribution < 1.29 is 19.0 Å². The van der Waals surface area contributed by atoms with Gasteiger partial charge >= 0.3 is 0 Å². The fourth-order valence-electron chi connectivity index (χ4n) is 4.27. The molecule has 1 aliphatic heterocycles. The second kappa shape index (κ2) is 7.13. The first-order valence-corrected chi connectivity index (χ1v) is 9.33. The Labute approximate surface area is 158 Å². The van der Waals surface area contributed by atoms with Crippen LogP contribution in [0.25, 0.3) is 0 Å². The minimum atomic E-state index is -0.140. The number of nitrogens with zero attached hydrogens (tertiary/aromatic N) is 2. The Morgan fingerprint density at radius 2 is 1.67 bits per heavy atom. The van der Waals surface area contributed by atoms with Gasteiger partial charge in [0.05, 0.1) is 33.6 Å². The zero-order valence-corrected chi connectivity index (χ0v) is 15.9. The highest BCUT2D eigenvalue weighted by atomic mass is 16.5. The molecule has 1 amide bonds. The molecule has 7 nitrogen and oxygen atoms in total. The Hall–Kier alpha value is -2.70. The molecule has 0 unspecified atom stereocenters. The van der Waals surface area contributed by atoms with Gasteiger partial charge in [0.2, 0.25) is 5.91 Å². The van der Waals surface area contributed by atoms with Crippen LogP contribution in [0.5, 0.6) is 17.2 Å². The number of rotatable bonds is 5. The maximum Gasteiger partial charge on any atom is 0.226 e. The first-order valence-electron chi connectivity index (χ1n) is 9.33. The summed E-state index contributed by atoms with van der Waals surface area (Å²) in [5.74, 6) is 2.55. The monoisotopic (exact) mass is 371 g/mol. The van der Waals surface area contributed by atoms with Crippen molar-refractivity contribution in [3.8, 4) is 17.2 Å². The molecule has 0 bridgehead atoms. The Kier molecular flexibility index (Phi) is 4.68. The Bertz CT molecular complexity index is 855. The number of benzene rings is 1. The van der Waals surface area contributed by atoms with E-state index in [1.54, 1.807) is 21.3 Å². The molecular weight excluding hydrogens is 346 g/mol. The topological polar surface area (TPSA) is 74.6 Å². The molecule has 0 spiro atoms. The summed E-state index contributed by atoms with van der Waals surface area (Å²) in [6, 6.07) is 4.07. The molecule has 4 rings (SSSR count). The number of carbonyl (C=O) groups is 1. The van der Waals surface area contributed by atoms with Crippen LogP contribution in [0.2, 0.25) is 0 Å².